The number of aryl methyl sites for hydroxylation is 2. The zero-order chi connectivity index (χ0) is 28.2. The normalized spacial score (nSPS) is 12.5. The second-order valence-corrected chi connectivity index (χ2v) is 13.8. The molecule has 0 bridgehead atoms. The molecule has 4 aromatic carbocycles. The lowest BCUT2D eigenvalue weighted by molar-refractivity contribution is 0.587. The van der Waals surface area contributed by atoms with Crippen molar-refractivity contribution in [1.29, 1.82) is 0 Å². The minimum absolute atomic E-state index is 0.207. The smallest absolute Gasteiger partial charge is 0.241 e. The SMILES string of the molecule is Cc1ccc(S(=O)(=O)n2cc(C(C)c3cn(S(=O)(=O)c4ccc(C)cc4)c4ccccc34)c3ccccc32)cc1. The van der Waals surface area contributed by atoms with Gasteiger partial charge in [0.15, 0.2) is 0 Å². The van der Waals surface area contributed by atoms with Crippen LogP contribution in [0.25, 0.3) is 21.8 Å². The lowest BCUT2D eigenvalue weighted by Gasteiger charge is -2.10. The molecule has 0 saturated carbocycles. The van der Waals surface area contributed by atoms with Crippen molar-refractivity contribution in [2.45, 2.75) is 36.5 Å². The van der Waals surface area contributed by atoms with Gasteiger partial charge in [0.2, 0.25) is 0 Å². The number of benzene rings is 4. The highest BCUT2D eigenvalue weighted by Gasteiger charge is 2.27. The molecule has 6 rings (SSSR count). The number of para-hydroxylation sites is 2. The Balaban J connectivity index is 1.53. The van der Waals surface area contributed by atoms with E-state index in [9.17, 15) is 16.8 Å². The molecular formula is C32H28N2O4S2. The summed E-state index contributed by atoms with van der Waals surface area (Å²) < 4.78 is 57.6. The summed E-state index contributed by atoms with van der Waals surface area (Å²) >= 11 is 0. The average molecular weight is 569 g/mol. The molecule has 8 heteroatoms. The predicted octanol–water partition coefficient (Wildman–Crippen LogP) is 6.84. The summed E-state index contributed by atoms with van der Waals surface area (Å²) in [4.78, 5) is 0.415. The fraction of sp³-hybridized carbons (Fsp3) is 0.125. The summed E-state index contributed by atoms with van der Waals surface area (Å²) in [6.07, 6.45) is 3.34. The third-order valence-electron chi connectivity index (χ3n) is 7.51. The van der Waals surface area contributed by atoms with Crippen molar-refractivity contribution in [2.75, 3.05) is 0 Å². The van der Waals surface area contributed by atoms with Crippen LogP contribution < -0.4 is 0 Å². The van der Waals surface area contributed by atoms with Gasteiger partial charge in [0.05, 0.1) is 20.8 Å². The Kier molecular flexibility index (Phi) is 6.20. The fourth-order valence-electron chi connectivity index (χ4n) is 5.25. The van der Waals surface area contributed by atoms with Gasteiger partial charge in [-0.1, -0.05) is 78.7 Å². The number of hydrogen-bond acceptors (Lipinski definition) is 4. The first-order valence-corrected chi connectivity index (χ1v) is 15.8. The van der Waals surface area contributed by atoms with Crippen LogP contribution in [0.4, 0.5) is 0 Å². The van der Waals surface area contributed by atoms with Crippen LogP contribution in [-0.4, -0.2) is 24.8 Å². The van der Waals surface area contributed by atoms with E-state index >= 15 is 0 Å². The van der Waals surface area contributed by atoms with E-state index in [0.29, 0.717) is 11.0 Å². The average Bonchev–Trinajstić information content (AvgIpc) is 3.54. The van der Waals surface area contributed by atoms with Gasteiger partial charge < -0.3 is 0 Å². The van der Waals surface area contributed by atoms with Crippen LogP contribution in [-0.2, 0) is 20.0 Å². The zero-order valence-electron chi connectivity index (χ0n) is 22.3. The van der Waals surface area contributed by atoms with Gasteiger partial charge in [0, 0.05) is 29.1 Å². The molecule has 2 aromatic heterocycles. The van der Waals surface area contributed by atoms with Crippen LogP contribution in [0.5, 0.6) is 0 Å². The molecule has 0 atom stereocenters. The maximum atomic E-state index is 13.7. The van der Waals surface area contributed by atoms with Crippen LogP contribution >= 0.6 is 0 Å². The summed E-state index contributed by atoms with van der Waals surface area (Å²) in [6, 6.07) is 28.4. The molecule has 6 aromatic rings. The second kappa shape index (κ2) is 9.50. The van der Waals surface area contributed by atoms with Gasteiger partial charge in [0.25, 0.3) is 20.0 Å². The van der Waals surface area contributed by atoms with Gasteiger partial charge in [-0.2, -0.15) is 0 Å². The van der Waals surface area contributed by atoms with Crippen LogP contribution in [0, 0.1) is 13.8 Å². The molecule has 0 amide bonds. The van der Waals surface area contributed by atoms with Crippen LogP contribution in [0.1, 0.15) is 35.1 Å². The molecular weight excluding hydrogens is 540 g/mol. The van der Waals surface area contributed by atoms with E-state index < -0.39 is 20.0 Å². The van der Waals surface area contributed by atoms with Crippen molar-refractivity contribution in [3.05, 3.63) is 132 Å². The Hall–Kier alpha value is -4.14. The molecule has 0 aliphatic carbocycles. The molecule has 0 unspecified atom stereocenters. The highest BCUT2D eigenvalue weighted by molar-refractivity contribution is 7.90. The number of nitrogens with zero attached hydrogens (tertiary/aromatic N) is 2. The number of fused-ring (bicyclic) bond motifs is 2. The van der Waals surface area contributed by atoms with Gasteiger partial charge in [-0.05, 0) is 61.4 Å². The second-order valence-electron chi connectivity index (χ2n) is 10.2. The maximum absolute atomic E-state index is 13.7. The van der Waals surface area contributed by atoms with Crippen LogP contribution in [0.2, 0.25) is 0 Å². The van der Waals surface area contributed by atoms with E-state index in [1.54, 1.807) is 73.1 Å². The lowest BCUT2D eigenvalue weighted by Crippen LogP contribution is -2.12. The summed E-state index contributed by atoms with van der Waals surface area (Å²) in [5.74, 6) is -0.307. The molecule has 0 N–H and O–H groups in total. The molecule has 0 aliphatic rings. The molecule has 40 heavy (non-hydrogen) atoms. The third kappa shape index (κ3) is 4.15. The Morgan fingerprint density at radius 1 is 0.525 bits per heavy atom. The third-order valence-corrected chi connectivity index (χ3v) is 10.9. The molecule has 6 nitrogen and oxygen atoms in total. The lowest BCUT2D eigenvalue weighted by atomic mass is 9.92. The number of hydrogen-bond donors (Lipinski definition) is 0. The van der Waals surface area contributed by atoms with E-state index in [2.05, 4.69) is 0 Å². The van der Waals surface area contributed by atoms with E-state index in [-0.39, 0.29) is 15.7 Å². The van der Waals surface area contributed by atoms with Crippen molar-refractivity contribution >= 4 is 41.9 Å². The van der Waals surface area contributed by atoms with Crippen molar-refractivity contribution < 1.29 is 16.8 Å². The predicted molar refractivity (Wildman–Crippen MR) is 159 cm³/mol. The summed E-state index contributed by atoms with van der Waals surface area (Å²) in [6.45, 7) is 5.81. The first kappa shape index (κ1) is 26.1. The standard InChI is InChI=1S/C32H28N2O4S2/c1-22-12-16-25(17-13-22)39(35,36)33-20-29(27-8-4-6-10-31(27)33)24(3)30-21-34(32-11-7-5-9-28(30)32)40(37,38)26-18-14-23(2)15-19-26/h4-21,24H,1-3H3. The molecule has 0 saturated heterocycles. The molecule has 0 aliphatic heterocycles. The summed E-state index contributed by atoms with van der Waals surface area (Å²) in [7, 11) is -7.72. The van der Waals surface area contributed by atoms with Gasteiger partial charge in [-0.25, -0.2) is 24.8 Å². The van der Waals surface area contributed by atoms with E-state index in [1.165, 1.54) is 7.94 Å². The van der Waals surface area contributed by atoms with E-state index in [4.69, 9.17) is 0 Å². The maximum Gasteiger partial charge on any atom is 0.268 e. The number of aromatic nitrogens is 2. The van der Waals surface area contributed by atoms with Crippen LogP contribution in [0.15, 0.2) is 119 Å². The molecule has 0 fully saturated rings. The minimum atomic E-state index is -3.86. The highest BCUT2D eigenvalue weighted by Crippen LogP contribution is 2.38. The van der Waals surface area contributed by atoms with Crippen molar-refractivity contribution in [3.8, 4) is 0 Å². The summed E-state index contributed by atoms with van der Waals surface area (Å²) in [5, 5.41) is 1.59. The number of rotatable bonds is 6. The first-order chi connectivity index (χ1) is 19.1. The molecule has 2 heterocycles. The Morgan fingerprint density at radius 3 is 1.25 bits per heavy atom. The Morgan fingerprint density at radius 2 is 0.875 bits per heavy atom. The molecule has 0 spiro atoms. The largest absolute Gasteiger partial charge is 0.268 e. The van der Waals surface area contributed by atoms with Crippen molar-refractivity contribution in [2.24, 2.45) is 0 Å². The summed E-state index contributed by atoms with van der Waals surface area (Å²) in [5.41, 5.74) is 4.68. The van der Waals surface area contributed by atoms with Crippen molar-refractivity contribution in [3.63, 3.8) is 0 Å². The first-order valence-electron chi connectivity index (χ1n) is 12.9. The molecule has 202 valence electrons. The van der Waals surface area contributed by atoms with Gasteiger partial charge in [-0.15, -0.1) is 0 Å². The Bertz CT molecular complexity index is 1950. The van der Waals surface area contributed by atoms with E-state index in [0.717, 1.165) is 33.0 Å². The topological polar surface area (TPSA) is 78.1 Å². The van der Waals surface area contributed by atoms with Gasteiger partial charge in [0.1, 0.15) is 0 Å². The Labute approximate surface area is 234 Å². The van der Waals surface area contributed by atoms with Crippen molar-refractivity contribution in [1.82, 2.24) is 7.94 Å². The van der Waals surface area contributed by atoms with E-state index in [1.807, 2.05) is 57.2 Å². The quantitative estimate of drug-likeness (QED) is 0.220. The highest BCUT2D eigenvalue weighted by atomic mass is 32.2. The zero-order valence-corrected chi connectivity index (χ0v) is 23.9. The minimum Gasteiger partial charge on any atom is -0.241 e. The fourth-order valence-corrected chi connectivity index (χ4v) is 8.01. The monoisotopic (exact) mass is 568 g/mol. The van der Waals surface area contributed by atoms with Gasteiger partial charge in [-0.3, -0.25) is 0 Å². The van der Waals surface area contributed by atoms with Crippen LogP contribution in [0.3, 0.4) is 0 Å². The van der Waals surface area contributed by atoms with Gasteiger partial charge >= 0.3 is 0 Å². The molecule has 0 radical (unpaired) electrons.